The summed E-state index contributed by atoms with van der Waals surface area (Å²) in [5.41, 5.74) is 8.37. The van der Waals surface area contributed by atoms with E-state index in [9.17, 15) is 14.7 Å². The summed E-state index contributed by atoms with van der Waals surface area (Å²) in [7, 11) is 0. The lowest BCUT2D eigenvalue weighted by molar-refractivity contribution is -0.111. The average Bonchev–Trinajstić information content (AvgIpc) is 2.92. The predicted octanol–water partition coefficient (Wildman–Crippen LogP) is 7.03. The van der Waals surface area contributed by atoms with E-state index in [1.165, 1.54) is 6.08 Å². The van der Waals surface area contributed by atoms with Crippen molar-refractivity contribution in [3.8, 4) is 5.75 Å². The van der Waals surface area contributed by atoms with E-state index in [2.05, 4.69) is 10.6 Å². The molecular weight excluding hydrogens is 478 g/mol. The molecule has 0 spiro atoms. The van der Waals surface area contributed by atoms with Gasteiger partial charge in [-0.3, -0.25) is 10.1 Å². The van der Waals surface area contributed by atoms with Crippen molar-refractivity contribution in [1.29, 1.82) is 0 Å². The molecule has 2 atom stereocenters. The summed E-state index contributed by atoms with van der Waals surface area (Å²) in [6, 6.07) is 27.2. The Kier molecular flexibility index (Phi) is 8.61. The fraction of sp³-hybridized carbons (Fsp3) is 0.161. The maximum Gasteiger partial charge on any atom is 0.412 e. The first-order valence-electron chi connectivity index (χ1n) is 12.5. The number of hydrogen-bond acceptors (Lipinski definition) is 5. The first-order valence-corrected chi connectivity index (χ1v) is 12.5. The molecule has 0 unspecified atom stereocenters. The molecule has 0 aromatic heterocycles. The Labute approximate surface area is 221 Å². The molecule has 0 heterocycles. The molecule has 38 heavy (non-hydrogen) atoms. The summed E-state index contributed by atoms with van der Waals surface area (Å²) >= 11 is 0. The Bertz CT molecular complexity index is 1430. The topological polar surface area (TPSA) is 114 Å². The third kappa shape index (κ3) is 6.91. The highest BCUT2D eigenvalue weighted by atomic mass is 16.6. The lowest BCUT2D eigenvalue weighted by atomic mass is 9.93. The molecular formula is C31H31N3O4. The number of nitrogens with two attached hydrogens (primary N) is 1. The molecule has 0 radical (unpaired) electrons. The Morgan fingerprint density at radius 3 is 2.37 bits per heavy atom. The zero-order valence-corrected chi connectivity index (χ0v) is 21.1. The van der Waals surface area contributed by atoms with Gasteiger partial charge >= 0.3 is 6.09 Å². The summed E-state index contributed by atoms with van der Waals surface area (Å²) in [6.45, 7) is 1.99. The van der Waals surface area contributed by atoms with E-state index in [1.54, 1.807) is 54.6 Å². The highest BCUT2D eigenvalue weighted by Gasteiger charge is 2.24. The summed E-state index contributed by atoms with van der Waals surface area (Å²) in [4.78, 5) is 25.2. The molecule has 4 aromatic rings. The Morgan fingerprint density at radius 2 is 1.58 bits per heavy atom. The van der Waals surface area contributed by atoms with Crippen molar-refractivity contribution in [2.75, 3.05) is 16.4 Å². The molecule has 4 aromatic carbocycles. The van der Waals surface area contributed by atoms with Crippen LogP contribution in [0.3, 0.4) is 0 Å². The third-order valence-electron chi connectivity index (χ3n) is 6.28. The molecule has 0 saturated heterocycles. The number of benzene rings is 4. The third-order valence-corrected chi connectivity index (χ3v) is 6.28. The Hall–Kier alpha value is -4.78. The molecule has 0 aliphatic carbocycles. The van der Waals surface area contributed by atoms with Crippen molar-refractivity contribution in [2.45, 2.75) is 25.9 Å². The number of phenolic OH excluding ortho intramolecular Hbond substituents is 1. The van der Waals surface area contributed by atoms with Crippen LogP contribution in [0.2, 0.25) is 0 Å². The summed E-state index contributed by atoms with van der Waals surface area (Å²) in [5, 5.41) is 17.3. The van der Waals surface area contributed by atoms with Gasteiger partial charge in [0.2, 0.25) is 5.91 Å². The molecule has 0 saturated carbocycles. The number of anilines is 3. The smallest absolute Gasteiger partial charge is 0.412 e. The summed E-state index contributed by atoms with van der Waals surface area (Å²) in [5.74, 6) is -0.208. The van der Waals surface area contributed by atoms with Gasteiger partial charge < -0.3 is 20.9 Å². The van der Waals surface area contributed by atoms with Crippen molar-refractivity contribution in [3.63, 3.8) is 0 Å². The number of fused-ring (bicyclic) bond motifs is 1. The number of hydrogen-bond donors (Lipinski definition) is 4. The van der Waals surface area contributed by atoms with Gasteiger partial charge in [0.25, 0.3) is 0 Å². The van der Waals surface area contributed by atoms with Gasteiger partial charge in [0, 0.05) is 5.39 Å². The van der Waals surface area contributed by atoms with Gasteiger partial charge in [0.15, 0.2) is 0 Å². The van der Waals surface area contributed by atoms with Gasteiger partial charge in [-0.2, -0.15) is 0 Å². The number of phenols is 1. The highest BCUT2D eigenvalue weighted by Crippen LogP contribution is 2.32. The van der Waals surface area contributed by atoms with Crippen LogP contribution < -0.4 is 16.4 Å². The zero-order valence-electron chi connectivity index (χ0n) is 21.1. The average molecular weight is 510 g/mol. The molecule has 0 fully saturated rings. The van der Waals surface area contributed by atoms with Gasteiger partial charge in [0.05, 0.1) is 17.1 Å². The normalized spacial score (nSPS) is 12.7. The van der Waals surface area contributed by atoms with Crippen LogP contribution in [0.5, 0.6) is 5.75 Å². The lowest BCUT2D eigenvalue weighted by Gasteiger charge is -2.25. The number of aromatic hydroxyl groups is 1. The number of allylic oxidation sites excluding steroid dienone is 1. The van der Waals surface area contributed by atoms with Gasteiger partial charge in [-0.25, -0.2) is 4.79 Å². The van der Waals surface area contributed by atoms with Crippen LogP contribution in [0, 0.1) is 5.92 Å². The monoisotopic (exact) mass is 509 g/mol. The first-order chi connectivity index (χ1) is 18.4. The van der Waals surface area contributed by atoms with Crippen LogP contribution in [0.15, 0.2) is 103 Å². The second kappa shape index (κ2) is 12.5. The number of amides is 2. The minimum Gasteiger partial charge on any atom is -0.508 e. The fourth-order valence-electron chi connectivity index (χ4n) is 4.25. The molecule has 194 valence electrons. The lowest BCUT2D eigenvalue weighted by Crippen LogP contribution is -2.22. The number of carbonyl (C=O) groups is 2. The van der Waals surface area contributed by atoms with E-state index < -0.39 is 12.2 Å². The SMILES string of the molecule is C[C@@H](CC/C=C/C(=O)Nc1ccccc1N)[C@@H](OC(=O)Nc1cccc2ccccc12)c1ccc(O)cc1. The number of nitrogen functional groups attached to an aromatic ring is 1. The Balaban J connectivity index is 1.40. The van der Waals surface area contributed by atoms with E-state index >= 15 is 0 Å². The van der Waals surface area contributed by atoms with Crippen LogP contribution >= 0.6 is 0 Å². The molecule has 0 bridgehead atoms. The quantitative estimate of drug-likeness (QED) is 0.143. The Morgan fingerprint density at radius 1 is 0.895 bits per heavy atom. The number of carbonyl (C=O) groups excluding carboxylic acids is 2. The van der Waals surface area contributed by atoms with Crippen molar-refractivity contribution in [2.24, 2.45) is 5.92 Å². The molecule has 2 amide bonds. The number of rotatable bonds is 9. The largest absolute Gasteiger partial charge is 0.508 e. The summed E-state index contributed by atoms with van der Waals surface area (Å²) in [6.07, 6.45) is 3.39. The van der Waals surface area contributed by atoms with Crippen molar-refractivity contribution < 1.29 is 19.4 Å². The minimum absolute atomic E-state index is 0.0738. The van der Waals surface area contributed by atoms with Gasteiger partial charge in [0.1, 0.15) is 11.9 Å². The van der Waals surface area contributed by atoms with E-state index in [1.807, 2.05) is 49.4 Å². The van der Waals surface area contributed by atoms with Crippen molar-refractivity contribution >= 4 is 39.8 Å². The number of para-hydroxylation sites is 2. The van der Waals surface area contributed by atoms with Crippen LogP contribution in [-0.4, -0.2) is 17.1 Å². The minimum atomic E-state index is -0.568. The van der Waals surface area contributed by atoms with E-state index in [0.717, 1.165) is 16.3 Å². The van der Waals surface area contributed by atoms with Crippen molar-refractivity contribution in [1.82, 2.24) is 0 Å². The van der Waals surface area contributed by atoms with Crippen LogP contribution in [0.1, 0.15) is 31.4 Å². The molecule has 0 aliphatic heterocycles. The maximum atomic E-state index is 13.0. The number of ether oxygens (including phenoxy) is 1. The highest BCUT2D eigenvalue weighted by molar-refractivity contribution is 6.01. The molecule has 7 nitrogen and oxygen atoms in total. The van der Waals surface area contributed by atoms with Gasteiger partial charge in [-0.1, -0.05) is 73.7 Å². The molecule has 4 rings (SSSR count). The predicted molar refractivity (Wildman–Crippen MR) is 152 cm³/mol. The van der Waals surface area contributed by atoms with Gasteiger partial charge in [-0.15, -0.1) is 0 Å². The van der Waals surface area contributed by atoms with Crippen molar-refractivity contribution in [3.05, 3.63) is 109 Å². The van der Waals surface area contributed by atoms with Gasteiger partial charge in [-0.05, 0) is 66.1 Å². The zero-order chi connectivity index (χ0) is 26.9. The molecule has 5 N–H and O–H groups in total. The maximum absolute atomic E-state index is 13.0. The van der Waals surface area contributed by atoms with E-state index in [0.29, 0.717) is 29.9 Å². The first kappa shape index (κ1) is 26.3. The second-order valence-electron chi connectivity index (χ2n) is 9.10. The van der Waals surface area contributed by atoms with E-state index in [-0.39, 0.29) is 17.6 Å². The molecule has 0 aliphatic rings. The summed E-state index contributed by atoms with van der Waals surface area (Å²) < 4.78 is 5.91. The number of nitrogens with one attached hydrogen (secondary N) is 2. The second-order valence-corrected chi connectivity index (χ2v) is 9.10. The van der Waals surface area contributed by atoms with Crippen LogP contribution in [0.4, 0.5) is 21.9 Å². The van der Waals surface area contributed by atoms with Crippen LogP contribution in [-0.2, 0) is 9.53 Å². The van der Waals surface area contributed by atoms with Crippen LogP contribution in [0.25, 0.3) is 10.8 Å². The fourth-order valence-corrected chi connectivity index (χ4v) is 4.25. The van der Waals surface area contributed by atoms with E-state index in [4.69, 9.17) is 10.5 Å². The standard InChI is InChI=1S/C31H31N3O4/c1-21(9-2-7-16-29(36)33-28-14-6-5-13-26(28)32)30(23-17-19-24(35)20-18-23)38-31(37)34-27-15-8-11-22-10-3-4-12-25(22)27/h3-8,10-21,30,35H,2,9,32H2,1H3,(H,33,36)(H,34,37)/b16-7+/t21-,30+/m0/s1. The molecule has 7 heteroatoms.